The summed E-state index contributed by atoms with van der Waals surface area (Å²) >= 11 is 3.24. The Morgan fingerprint density at radius 3 is 2.57 bits per heavy atom. The number of amides is 1. The number of thiophene rings is 1. The number of carbonyl (C=O) groups excluding carboxylic acids is 1. The molecule has 1 amide bonds. The molecule has 6 nitrogen and oxygen atoms in total. The lowest BCUT2D eigenvalue weighted by Crippen LogP contribution is -2.49. The summed E-state index contributed by atoms with van der Waals surface area (Å²) in [6.07, 6.45) is 1.09. The Morgan fingerprint density at radius 1 is 1.21 bits per heavy atom. The van der Waals surface area contributed by atoms with Crippen molar-refractivity contribution in [2.75, 3.05) is 57.3 Å². The molecule has 2 aromatic rings. The monoisotopic (exact) mass is 465 g/mol. The van der Waals surface area contributed by atoms with Gasteiger partial charge in [0.1, 0.15) is 4.83 Å². The van der Waals surface area contributed by atoms with Gasteiger partial charge in [0.05, 0.1) is 9.58 Å². The van der Waals surface area contributed by atoms with Crippen LogP contribution in [0.2, 0.25) is 0 Å². The van der Waals surface area contributed by atoms with Crippen LogP contribution in [0.4, 0.5) is 5.13 Å². The molecule has 1 N–H and O–H groups in total. The number of anilines is 1. The molecule has 0 radical (unpaired) electrons. The Balaban J connectivity index is 0.00000140. The Bertz CT molecular complexity index is 742. The summed E-state index contributed by atoms with van der Waals surface area (Å²) in [7, 11) is 0. The lowest BCUT2D eigenvalue weighted by Gasteiger charge is -2.32. The van der Waals surface area contributed by atoms with E-state index >= 15 is 0 Å². The van der Waals surface area contributed by atoms with Gasteiger partial charge in [-0.2, -0.15) is 0 Å². The summed E-state index contributed by atoms with van der Waals surface area (Å²) in [5.41, 5.74) is 0. The van der Waals surface area contributed by atoms with Crippen LogP contribution in [0.1, 0.15) is 29.9 Å². The SMILES string of the molecule is CCN(CC)c1nc2sc(C(=O)N3CCC(N4CCNCC4)C3)cc2s1.Cl.Cl. The van der Waals surface area contributed by atoms with Crippen LogP contribution in [0.15, 0.2) is 6.07 Å². The van der Waals surface area contributed by atoms with E-state index in [1.165, 1.54) is 0 Å². The van der Waals surface area contributed by atoms with Crippen molar-refractivity contribution in [2.24, 2.45) is 0 Å². The Kier molecular flexibility index (Phi) is 8.79. The zero-order chi connectivity index (χ0) is 18.1. The quantitative estimate of drug-likeness (QED) is 0.734. The van der Waals surface area contributed by atoms with Crippen molar-refractivity contribution >= 4 is 68.1 Å². The fourth-order valence-corrected chi connectivity index (χ4v) is 6.19. The lowest BCUT2D eigenvalue weighted by atomic mass is 10.2. The minimum atomic E-state index is 0. The summed E-state index contributed by atoms with van der Waals surface area (Å²) in [6, 6.07) is 2.57. The second-order valence-electron chi connectivity index (χ2n) is 6.93. The third-order valence-electron chi connectivity index (χ3n) is 5.44. The van der Waals surface area contributed by atoms with Gasteiger partial charge in [-0.05, 0) is 26.3 Å². The number of nitrogens with one attached hydrogen (secondary N) is 1. The average Bonchev–Trinajstić information content (AvgIpc) is 3.38. The first-order valence-electron chi connectivity index (χ1n) is 9.59. The van der Waals surface area contributed by atoms with Crippen LogP contribution in [0.3, 0.4) is 0 Å². The molecule has 4 heterocycles. The van der Waals surface area contributed by atoms with Crippen molar-refractivity contribution < 1.29 is 4.79 Å². The molecule has 2 aromatic heterocycles. The van der Waals surface area contributed by atoms with Gasteiger partial charge < -0.3 is 15.1 Å². The smallest absolute Gasteiger partial charge is 0.264 e. The molecule has 2 fully saturated rings. The molecule has 1 atom stereocenters. The van der Waals surface area contributed by atoms with E-state index in [0.717, 1.165) is 78.3 Å². The number of piperazine rings is 1. The maximum absolute atomic E-state index is 12.9. The van der Waals surface area contributed by atoms with Crippen LogP contribution < -0.4 is 10.2 Å². The molecule has 1 unspecified atom stereocenters. The number of hydrogen-bond acceptors (Lipinski definition) is 7. The Labute approximate surface area is 187 Å². The van der Waals surface area contributed by atoms with Crippen LogP contribution in [0.5, 0.6) is 0 Å². The molecule has 0 bridgehead atoms. The number of thiazole rings is 1. The third-order valence-corrected chi connectivity index (χ3v) is 7.65. The van der Waals surface area contributed by atoms with E-state index in [0.29, 0.717) is 6.04 Å². The van der Waals surface area contributed by atoms with Gasteiger partial charge in [0.15, 0.2) is 5.13 Å². The second kappa shape index (κ2) is 10.4. The van der Waals surface area contributed by atoms with E-state index in [2.05, 4.69) is 29.0 Å². The lowest BCUT2D eigenvalue weighted by molar-refractivity contribution is 0.0778. The second-order valence-corrected chi connectivity index (χ2v) is 8.97. The first-order chi connectivity index (χ1) is 12.7. The van der Waals surface area contributed by atoms with Crippen LogP contribution in [0.25, 0.3) is 9.53 Å². The number of fused-ring (bicyclic) bond motifs is 1. The van der Waals surface area contributed by atoms with Crippen molar-refractivity contribution in [2.45, 2.75) is 26.3 Å². The molecule has 0 aliphatic carbocycles. The van der Waals surface area contributed by atoms with Gasteiger partial charge >= 0.3 is 0 Å². The van der Waals surface area contributed by atoms with Gasteiger partial charge in [-0.25, -0.2) is 4.98 Å². The summed E-state index contributed by atoms with van der Waals surface area (Å²) in [4.78, 5) is 26.4. The minimum absolute atomic E-state index is 0. The van der Waals surface area contributed by atoms with E-state index in [-0.39, 0.29) is 30.7 Å². The van der Waals surface area contributed by atoms with E-state index in [4.69, 9.17) is 4.98 Å². The summed E-state index contributed by atoms with van der Waals surface area (Å²) in [5, 5.41) is 4.47. The number of likely N-dealkylation sites (tertiary alicyclic amines) is 1. The number of carbonyl (C=O) groups is 1. The zero-order valence-corrected chi connectivity index (χ0v) is 19.6. The van der Waals surface area contributed by atoms with Gasteiger partial charge in [0.2, 0.25) is 0 Å². The maximum Gasteiger partial charge on any atom is 0.264 e. The molecule has 0 aromatic carbocycles. The maximum atomic E-state index is 12.9. The topological polar surface area (TPSA) is 51.7 Å². The average molecular weight is 467 g/mol. The number of nitrogens with zero attached hydrogens (tertiary/aromatic N) is 4. The highest BCUT2D eigenvalue weighted by Crippen LogP contribution is 2.35. The Morgan fingerprint density at radius 2 is 1.93 bits per heavy atom. The summed E-state index contributed by atoms with van der Waals surface area (Å²) in [6.45, 7) is 12.3. The molecule has 28 heavy (non-hydrogen) atoms. The van der Waals surface area contributed by atoms with E-state index in [1.54, 1.807) is 22.7 Å². The number of rotatable bonds is 5. The third kappa shape index (κ3) is 4.74. The van der Waals surface area contributed by atoms with Crippen LogP contribution in [-0.4, -0.2) is 79.1 Å². The van der Waals surface area contributed by atoms with Crippen molar-refractivity contribution in [3.63, 3.8) is 0 Å². The van der Waals surface area contributed by atoms with Gasteiger partial charge in [0.25, 0.3) is 5.91 Å². The van der Waals surface area contributed by atoms with E-state index in [1.807, 2.05) is 11.0 Å². The van der Waals surface area contributed by atoms with Gasteiger partial charge in [0, 0.05) is 58.4 Å². The van der Waals surface area contributed by atoms with Crippen molar-refractivity contribution in [1.29, 1.82) is 0 Å². The molecule has 10 heteroatoms. The molecule has 158 valence electrons. The van der Waals surface area contributed by atoms with Gasteiger partial charge in [-0.3, -0.25) is 9.69 Å². The molecule has 0 saturated carbocycles. The minimum Gasteiger partial charge on any atom is -0.349 e. The molecular formula is C18H29Cl2N5OS2. The van der Waals surface area contributed by atoms with Crippen LogP contribution in [-0.2, 0) is 0 Å². The number of halogens is 2. The highest BCUT2D eigenvalue weighted by molar-refractivity contribution is 7.29. The molecular weight excluding hydrogens is 437 g/mol. The van der Waals surface area contributed by atoms with Crippen molar-refractivity contribution in [1.82, 2.24) is 20.1 Å². The largest absolute Gasteiger partial charge is 0.349 e. The Hall–Kier alpha value is -0.640. The molecule has 2 aliphatic rings. The van der Waals surface area contributed by atoms with Gasteiger partial charge in [-0.1, -0.05) is 11.3 Å². The first kappa shape index (κ1) is 23.6. The fraction of sp³-hybridized carbons (Fsp3) is 0.667. The summed E-state index contributed by atoms with van der Waals surface area (Å²) in [5.74, 6) is 0.183. The van der Waals surface area contributed by atoms with Crippen molar-refractivity contribution in [3.05, 3.63) is 10.9 Å². The molecule has 2 saturated heterocycles. The molecule has 0 spiro atoms. The van der Waals surface area contributed by atoms with Crippen molar-refractivity contribution in [3.8, 4) is 0 Å². The van der Waals surface area contributed by atoms with Gasteiger partial charge in [-0.15, -0.1) is 36.2 Å². The predicted octanol–water partition coefficient (Wildman–Crippen LogP) is 3.17. The van der Waals surface area contributed by atoms with Crippen LogP contribution in [0, 0.1) is 0 Å². The number of aromatic nitrogens is 1. The standard InChI is InChI=1S/C18H27N5OS2.2ClH/c1-3-21(4-2)18-20-16-14(26-18)11-15(25-16)17(24)23-8-5-13(12-23)22-9-6-19-7-10-22;;/h11,13,19H,3-10,12H2,1-2H3;2*1H. The normalized spacial score (nSPS) is 20.1. The predicted molar refractivity (Wildman–Crippen MR) is 124 cm³/mol. The zero-order valence-electron chi connectivity index (χ0n) is 16.3. The molecule has 4 rings (SSSR count). The highest BCUT2D eigenvalue weighted by Gasteiger charge is 2.32. The first-order valence-corrected chi connectivity index (χ1v) is 11.2. The van der Waals surface area contributed by atoms with Crippen LogP contribution >= 0.6 is 47.5 Å². The van der Waals surface area contributed by atoms with E-state index < -0.39 is 0 Å². The highest BCUT2D eigenvalue weighted by atomic mass is 35.5. The summed E-state index contributed by atoms with van der Waals surface area (Å²) < 4.78 is 1.14. The molecule has 2 aliphatic heterocycles. The number of hydrogen-bond donors (Lipinski definition) is 1. The fourth-order valence-electron chi connectivity index (χ4n) is 3.89. The van der Waals surface area contributed by atoms with E-state index in [9.17, 15) is 4.79 Å².